The van der Waals surface area contributed by atoms with Gasteiger partial charge in [0.15, 0.2) is 0 Å². The van der Waals surface area contributed by atoms with E-state index >= 15 is 0 Å². The molecule has 4 nitrogen and oxygen atoms in total. The Labute approximate surface area is 139 Å². The number of esters is 1. The fourth-order valence-electron chi connectivity index (χ4n) is 4.95. The summed E-state index contributed by atoms with van der Waals surface area (Å²) in [5, 5.41) is 10.3. The predicted octanol–water partition coefficient (Wildman–Crippen LogP) is 3.45. The topological polar surface area (TPSA) is 59.1 Å². The minimum absolute atomic E-state index is 0.108. The molecule has 0 aromatic carbocycles. The predicted molar refractivity (Wildman–Crippen MR) is 87.9 cm³/mol. The fraction of sp³-hybridized carbons (Fsp3) is 0.947. The molecule has 1 N–H and O–H groups in total. The second-order valence-electron chi connectivity index (χ2n) is 10.0. The van der Waals surface area contributed by atoms with Crippen LogP contribution in [0.15, 0.2) is 0 Å². The van der Waals surface area contributed by atoms with E-state index in [1.807, 2.05) is 6.92 Å². The van der Waals surface area contributed by atoms with Crippen LogP contribution in [0.3, 0.4) is 0 Å². The molecule has 1 heterocycles. The standard InChI is InChI=1S/C19H32O4/c1-16(2)9-13(19(6)14(10-16)23-19)22-15(20)12-7-8-18(5,21)11-17(12,3)4/h12-14,21H,7-11H2,1-6H3. The third-order valence-electron chi connectivity index (χ3n) is 6.39. The molecule has 0 amide bonds. The molecular formula is C19H32O4. The van der Waals surface area contributed by atoms with E-state index in [4.69, 9.17) is 9.47 Å². The number of fused-ring (bicyclic) bond motifs is 1. The first-order valence-corrected chi connectivity index (χ1v) is 8.95. The van der Waals surface area contributed by atoms with Crippen molar-refractivity contribution in [1.29, 1.82) is 0 Å². The number of carbonyl (C=O) groups is 1. The van der Waals surface area contributed by atoms with Crippen LogP contribution in [0.2, 0.25) is 0 Å². The van der Waals surface area contributed by atoms with Crippen LogP contribution < -0.4 is 0 Å². The third kappa shape index (κ3) is 3.17. The summed E-state index contributed by atoms with van der Waals surface area (Å²) in [6.45, 7) is 12.5. The summed E-state index contributed by atoms with van der Waals surface area (Å²) in [7, 11) is 0. The number of carbonyl (C=O) groups excluding carboxylic acids is 1. The zero-order valence-electron chi connectivity index (χ0n) is 15.4. The SMILES string of the molecule is CC1(C)CC(OC(=O)C2CCC(C)(O)CC2(C)C)C2(C)OC2C1. The van der Waals surface area contributed by atoms with E-state index in [9.17, 15) is 9.90 Å². The highest BCUT2D eigenvalue weighted by Gasteiger charge is 2.65. The molecule has 0 spiro atoms. The maximum atomic E-state index is 12.9. The maximum absolute atomic E-state index is 12.9. The number of hydrogen-bond acceptors (Lipinski definition) is 4. The second-order valence-corrected chi connectivity index (χ2v) is 10.0. The van der Waals surface area contributed by atoms with E-state index in [-0.39, 0.29) is 40.5 Å². The van der Waals surface area contributed by atoms with Crippen molar-refractivity contribution < 1.29 is 19.4 Å². The molecule has 5 unspecified atom stereocenters. The summed E-state index contributed by atoms with van der Waals surface area (Å²) < 4.78 is 11.9. The monoisotopic (exact) mass is 324 g/mol. The van der Waals surface area contributed by atoms with E-state index in [0.29, 0.717) is 19.3 Å². The normalized spacial score (nSPS) is 47.5. The number of rotatable bonds is 2. The van der Waals surface area contributed by atoms with Crippen LogP contribution in [0, 0.1) is 16.7 Å². The van der Waals surface area contributed by atoms with Crippen LogP contribution in [-0.4, -0.2) is 34.5 Å². The summed E-state index contributed by atoms with van der Waals surface area (Å²) in [4.78, 5) is 12.9. The van der Waals surface area contributed by atoms with Gasteiger partial charge in [-0.05, 0) is 56.8 Å². The number of hydrogen-bond donors (Lipinski definition) is 1. The first-order chi connectivity index (χ1) is 10.3. The Morgan fingerprint density at radius 3 is 2.39 bits per heavy atom. The molecule has 1 aliphatic heterocycles. The summed E-state index contributed by atoms with van der Waals surface area (Å²) >= 11 is 0. The molecule has 4 heteroatoms. The Morgan fingerprint density at radius 2 is 1.78 bits per heavy atom. The molecule has 2 aliphatic carbocycles. The second kappa shape index (κ2) is 4.95. The van der Waals surface area contributed by atoms with Crippen LogP contribution in [0.4, 0.5) is 0 Å². The average molecular weight is 324 g/mol. The molecule has 0 bridgehead atoms. The molecule has 3 rings (SSSR count). The minimum Gasteiger partial charge on any atom is -0.459 e. The summed E-state index contributed by atoms with van der Waals surface area (Å²) in [6.07, 6.45) is 3.95. The Balaban J connectivity index is 1.70. The highest BCUT2D eigenvalue weighted by atomic mass is 16.6. The highest BCUT2D eigenvalue weighted by Crippen LogP contribution is 2.55. The van der Waals surface area contributed by atoms with Gasteiger partial charge in [-0.2, -0.15) is 0 Å². The molecule has 5 atom stereocenters. The lowest BCUT2D eigenvalue weighted by Gasteiger charge is -2.45. The van der Waals surface area contributed by atoms with Gasteiger partial charge in [0.25, 0.3) is 0 Å². The number of epoxide rings is 1. The van der Waals surface area contributed by atoms with Gasteiger partial charge in [-0.3, -0.25) is 4.79 Å². The molecular weight excluding hydrogens is 292 g/mol. The molecule has 2 saturated carbocycles. The van der Waals surface area contributed by atoms with Crippen molar-refractivity contribution in [3.8, 4) is 0 Å². The van der Waals surface area contributed by atoms with Gasteiger partial charge in [-0.1, -0.05) is 27.7 Å². The van der Waals surface area contributed by atoms with Gasteiger partial charge < -0.3 is 14.6 Å². The molecule has 0 aromatic rings. The van der Waals surface area contributed by atoms with Crippen LogP contribution in [-0.2, 0) is 14.3 Å². The van der Waals surface area contributed by atoms with Crippen molar-refractivity contribution in [1.82, 2.24) is 0 Å². The van der Waals surface area contributed by atoms with Crippen molar-refractivity contribution in [2.45, 2.75) is 97.1 Å². The first kappa shape index (κ1) is 17.2. The van der Waals surface area contributed by atoms with E-state index < -0.39 is 5.60 Å². The summed E-state index contributed by atoms with van der Waals surface area (Å²) in [5.74, 6) is -0.253. The van der Waals surface area contributed by atoms with Crippen molar-refractivity contribution in [2.75, 3.05) is 0 Å². The van der Waals surface area contributed by atoms with Crippen LogP contribution >= 0.6 is 0 Å². The van der Waals surface area contributed by atoms with Crippen molar-refractivity contribution >= 4 is 5.97 Å². The van der Waals surface area contributed by atoms with E-state index in [1.165, 1.54) is 0 Å². The van der Waals surface area contributed by atoms with Crippen LogP contribution in [0.25, 0.3) is 0 Å². The lowest BCUT2D eigenvalue weighted by Crippen LogP contribution is -2.48. The lowest BCUT2D eigenvalue weighted by atomic mass is 9.63. The first-order valence-electron chi connectivity index (χ1n) is 8.95. The van der Waals surface area contributed by atoms with Crippen molar-refractivity contribution in [3.63, 3.8) is 0 Å². The Kier molecular flexibility index (Phi) is 3.71. The number of aliphatic hydroxyl groups is 1. The smallest absolute Gasteiger partial charge is 0.309 e. The maximum Gasteiger partial charge on any atom is 0.309 e. The fourth-order valence-corrected chi connectivity index (χ4v) is 4.95. The molecule has 3 aliphatic rings. The largest absolute Gasteiger partial charge is 0.459 e. The van der Waals surface area contributed by atoms with Gasteiger partial charge in [0.05, 0.1) is 17.6 Å². The Hall–Kier alpha value is -0.610. The summed E-state index contributed by atoms with van der Waals surface area (Å²) in [5.41, 5.74) is -1.05. The lowest BCUT2D eigenvalue weighted by molar-refractivity contribution is -0.170. The van der Waals surface area contributed by atoms with Crippen molar-refractivity contribution in [3.05, 3.63) is 0 Å². The zero-order valence-corrected chi connectivity index (χ0v) is 15.4. The minimum atomic E-state index is -0.677. The molecule has 3 fully saturated rings. The molecule has 0 radical (unpaired) electrons. The number of ether oxygens (including phenoxy) is 2. The van der Waals surface area contributed by atoms with E-state index in [0.717, 1.165) is 12.8 Å². The van der Waals surface area contributed by atoms with E-state index in [2.05, 4.69) is 34.6 Å². The molecule has 0 aromatic heterocycles. The highest BCUT2D eigenvalue weighted by molar-refractivity contribution is 5.74. The molecule has 1 saturated heterocycles. The van der Waals surface area contributed by atoms with Gasteiger partial charge in [-0.25, -0.2) is 0 Å². The van der Waals surface area contributed by atoms with E-state index in [1.54, 1.807) is 0 Å². The molecule has 23 heavy (non-hydrogen) atoms. The van der Waals surface area contributed by atoms with Gasteiger partial charge >= 0.3 is 5.97 Å². The third-order valence-corrected chi connectivity index (χ3v) is 6.39. The zero-order chi connectivity index (χ0) is 17.3. The Morgan fingerprint density at radius 1 is 1.13 bits per heavy atom. The Bertz CT molecular complexity index is 507. The summed E-state index contributed by atoms with van der Waals surface area (Å²) in [6, 6.07) is 0. The van der Waals surface area contributed by atoms with Crippen molar-refractivity contribution in [2.24, 2.45) is 16.7 Å². The van der Waals surface area contributed by atoms with Crippen LogP contribution in [0.5, 0.6) is 0 Å². The van der Waals surface area contributed by atoms with Gasteiger partial charge in [0, 0.05) is 0 Å². The average Bonchev–Trinajstić information content (AvgIpc) is 2.96. The van der Waals surface area contributed by atoms with Gasteiger partial charge in [0.1, 0.15) is 11.7 Å². The quantitative estimate of drug-likeness (QED) is 0.624. The van der Waals surface area contributed by atoms with Gasteiger partial charge in [-0.15, -0.1) is 0 Å². The molecule has 132 valence electrons. The van der Waals surface area contributed by atoms with Gasteiger partial charge in [0.2, 0.25) is 0 Å². The van der Waals surface area contributed by atoms with Crippen LogP contribution in [0.1, 0.15) is 73.6 Å².